The average Bonchev–Trinajstić information content (AvgIpc) is 3.65. The Morgan fingerprint density at radius 1 is 0.705 bits per heavy atom. The van der Waals surface area contributed by atoms with Gasteiger partial charge in [0.05, 0.1) is 27.9 Å². The molecule has 0 unspecified atom stereocenters. The van der Waals surface area contributed by atoms with E-state index in [2.05, 4.69) is 54.5 Å². The molecule has 0 atom stereocenters. The van der Waals surface area contributed by atoms with Gasteiger partial charge in [0.2, 0.25) is 0 Å². The van der Waals surface area contributed by atoms with Crippen molar-refractivity contribution in [2.45, 2.75) is 0 Å². The van der Waals surface area contributed by atoms with Crippen molar-refractivity contribution in [3.05, 3.63) is 130 Å². The van der Waals surface area contributed by atoms with Gasteiger partial charge in [-0.3, -0.25) is 20.2 Å². The molecule has 2 N–H and O–H groups in total. The van der Waals surface area contributed by atoms with Crippen molar-refractivity contribution >= 4 is 123 Å². The highest BCUT2D eigenvalue weighted by Crippen LogP contribution is 2.40. The van der Waals surface area contributed by atoms with Crippen LogP contribution in [0.15, 0.2) is 115 Å². The van der Waals surface area contributed by atoms with Crippen LogP contribution in [0.5, 0.6) is 0 Å². The lowest BCUT2D eigenvalue weighted by Gasteiger charge is -2.03. The third-order valence-electron chi connectivity index (χ3n) is 5.86. The van der Waals surface area contributed by atoms with E-state index < -0.39 is 12.0 Å². The Bertz CT molecular complexity index is 1900. The van der Waals surface area contributed by atoms with E-state index in [0.29, 0.717) is 30.2 Å². The summed E-state index contributed by atoms with van der Waals surface area (Å²) in [4.78, 5) is 22.7. The highest BCUT2D eigenvalue weighted by molar-refractivity contribution is 14.1. The van der Waals surface area contributed by atoms with E-state index in [0.717, 1.165) is 20.8 Å². The standard InChI is InChI=1S/C14H8BrNO3.C8H7BO3.C6H3BrINO2.CH3I/c15-11-5-3-6-12(16(17)18)14(11)10-8-19-13-7-2-1-4-9(10)13;10-9(11)7-5-12-8-4-2-1-3-6(7)8;7-4-2-1-3-5(6(4)8)9(10)11;1-2/h1-8H;1-5,10-11H;1-3H;1H3. The van der Waals surface area contributed by atoms with E-state index >= 15 is 0 Å². The molecule has 0 fully saturated rings. The number of furan rings is 2. The molecule has 0 aliphatic carbocycles. The molecule has 4 aromatic carbocycles. The number of nitro groups is 2. The zero-order valence-electron chi connectivity index (χ0n) is 22.6. The van der Waals surface area contributed by atoms with Crippen LogP contribution in [0.4, 0.5) is 11.4 Å². The molecule has 0 saturated carbocycles. The van der Waals surface area contributed by atoms with Gasteiger partial charge in [-0.05, 0) is 83.6 Å². The van der Waals surface area contributed by atoms with Crippen molar-refractivity contribution in [2.24, 2.45) is 0 Å². The normalized spacial score (nSPS) is 10.1. The molecule has 0 radical (unpaired) electrons. The number of halogens is 4. The smallest absolute Gasteiger partial charge is 0.465 e. The van der Waals surface area contributed by atoms with Gasteiger partial charge >= 0.3 is 7.12 Å². The lowest BCUT2D eigenvalue weighted by molar-refractivity contribution is -0.385. The molecule has 10 nitrogen and oxygen atoms in total. The van der Waals surface area contributed by atoms with Crippen LogP contribution >= 0.6 is 77.0 Å². The third-order valence-corrected chi connectivity index (χ3v) is 9.05. The fraction of sp³-hybridized carbons (Fsp3) is 0.0345. The van der Waals surface area contributed by atoms with Gasteiger partial charge in [-0.15, -0.1) is 0 Å². The summed E-state index contributed by atoms with van der Waals surface area (Å²) in [5.41, 5.74) is 3.24. The Morgan fingerprint density at radius 2 is 1.20 bits per heavy atom. The molecule has 0 bridgehead atoms. The van der Waals surface area contributed by atoms with Gasteiger partial charge in [-0.2, -0.15) is 0 Å². The Hall–Kier alpha value is -2.84. The van der Waals surface area contributed by atoms with Crippen LogP contribution in [0, 0.1) is 23.8 Å². The predicted molar refractivity (Wildman–Crippen MR) is 196 cm³/mol. The van der Waals surface area contributed by atoms with Crippen LogP contribution in [0.2, 0.25) is 0 Å². The van der Waals surface area contributed by atoms with Gasteiger partial charge < -0.3 is 18.9 Å². The molecule has 2 aromatic heterocycles. The minimum atomic E-state index is -1.46. The van der Waals surface area contributed by atoms with Crippen molar-refractivity contribution in [3.8, 4) is 11.1 Å². The minimum absolute atomic E-state index is 0.0564. The summed E-state index contributed by atoms with van der Waals surface area (Å²) in [6.07, 6.45) is 2.91. The van der Waals surface area contributed by atoms with E-state index in [1.54, 1.807) is 42.7 Å². The Labute approximate surface area is 295 Å². The number of hydrogen-bond donors (Lipinski definition) is 2. The Morgan fingerprint density at radius 3 is 1.77 bits per heavy atom. The molecular weight excluding hydrogens is 929 g/mol. The van der Waals surface area contributed by atoms with E-state index in [1.165, 1.54) is 18.4 Å². The van der Waals surface area contributed by atoms with Crippen LogP contribution in [-0.4, -0.2) is 31.9 Å². The Kier molecular flexibility index (Phi) is 13.8. The molecule has 44 heavy (non-hydrogen) atoms. The van der Waals surface area contributed by atoms with Crippen LogP contribution in [0.3, 0.4) is 0 Å². The van der Waals surface area contributed by atoms with Crippen LogP contribution in [0.25, 0.3) is 33.1 Å². The van der Waals surface area contributed by atoms with E-state index in [4.69, 9.17) is 18.9 Å². The second-order valence-electron chi connectivity index (χ2n) is 8.43. The molecular formula is C29H21BBr2I2N2O8. The first kappa shape index (κ1) is 35.6. The second-order valence-corrected chi connectivity index (χ2v) is 11.2. The molecule has 15 heteroatoms. The van der Waals surface area contributed by atoms with E-state index in [1.807, 2.05) is 63.9 Å². The topological polar surface area (TPSA) is 153 Å². The van der Waals surface area contributed by atoms with Gasteiger partial charge in [0.25, 0.3) is 11.4 Å². The summed E-state index contributed by atoms with van der Waals surface area (Å²) in [5, 5.41) is 40.9. The molecule has 0 aliphatic rings. The summed E-state index contributed by atoms with van der Waals surface area (Å²) < 4.78 is 12.6. The number of benzene rings is 4. The number of fused-ring (bicyclic) bond motifs is 2. The van der Waals surface area contributed by atoms with Gasteiger partial charge in [0.1, 0.15) is 14.7 Å². The average molecular weight is 950 g/mol. The SMILES string of the molecule is CI.O=[N+]([O-])c1cccc(Br)c1-c1coc2ccccc12.O=[N+]([O-])c1cccc(Br)c1I.OB(O)c1coc2ccccc12. The quantitative estimate of drug-likeness (QED) is 0.0585. The van der Waals surface area contributed by atoms with Crippen LogP contribution in [-0.2, 0) is 0 Å². The van der Waals surface area contributed by atoms with Gasteiger partial charge in [-0.1, -0.05) is 71.1 Å². The first-order valence-electron chi connectivity index (χ1n) is 12.3. The first-order valence-corrected chi connectivity index (χ1v) is 17.1. The predicted octanol–water partition coefficient (Wildman–Crippen LogP) is 8.90. The molecule has 0 spiro atoms. The maximum absolute atomic E-state index is 11.2. The number of para-hydroxylation sites is 2. The van der Waals surface area contributed by atoms with Crippen molar-refractivity contribution < 1.29 is 28.7 Å². The molecule has 0 saturated heterocycles. The van der Waals surface area contributed by atoms with E-state index in [-0.39, 0.29) is 16.3 Å². The largest absolute Gasteiger partial charge is 0.492 e. The molecule has 0 amide bonds. The maximum atomic E-state index is 11.2. The molecule has 226 valence electrons. The monoisotopic (exact) mass is 948 g/mol. The summed E-state index contributed by atoms with van der Waals surface area (Å²) >= 11 is 10.7. The zero-order chi connectivity index (χ0) is 32.4. The highest BCUT2D eigenvalue weighted by Gasteiger charge is 2.21. The van der Waals surface area contributed by atoms with Gasteiger partial charge in [0, 0.05) is 42.9 Å². The molecule has 6 rings (SSSR count). The highest BCUT2D eigenvalue weighted by atomic mass is 127. The number of rotatable bonds is 4. The maximum Gasteiger partial charge on any atom is 0.492 e. The molecule has 6 aromatic rings. The number of nitro benzene ring substituents is 2. The second kappa shape index (κ2) is 17.0. The van der Waals surface area contributed by atoms with E-state index in [9.17, 15) is 20.2 Å². The van der Waals surface area contributed by atoms with Crippen LogP contribution < -0.4 is 5.46 Å². The number of nitrogens with zero attached hydrogens (tertiary/aromatic N) is 2. The van der Waals surface area contributed by atoms with Gasteiger partial charge in [0.15, 0.2) is 0 Å². The van der Waals surface area contributed by atoms with Crippen molar-refractivity contribution in [1.82, 2.24) is 0 Å². The van der Waals surface area contributed by atoms with Crippen LogP contribution in [0.1, 0.15) is 0 Å². The first-order chi connectivity index (χ1) is 21.1. The summed E-state index contributed by atoms with van der Waals surface area (Å²) in [5.74, 6) is 0. The molecule has 0 aliphatic heterocycles. The minimum Gasteiger partial charge on any atom is -0.465 e. The third kappa shape index (κ3) is 8.66. The summed E-state index contributed by atoms with van der Waals surface area (Å²) in [6.45, 7) is 0. The number of alkyl halides is 1. The molecule has 2 heterocycles. The summed E-state index contributed by atoms with van der Waals surface area (Å²) in [7, 11) is -1.46. The Balaban J connectivity index is 0.000000184. The fourth-order valence-electron chi connectivity index (χ4n) is 3.93. The lowest BCUT2D eigenvalue weighted by Crippen LogP contribution is -2.28. The van der Waals surface area contributed by atoms with Gasteiger partial charge in [-0.25, -0.2) is 0 Å². The summed E-state index contributed by atoms with van der Waals surface area (Å²) in [6, 6.07) is 24.5. The fourth-order valence-corrected chi connectivity index (χ4v) is 5.42. The van der Waals surface area contributed by atoms with Crippen molar-refractivity contribution in [2.75, 3.05) is 4.93 Å². The lowest BCUT2D eigenvalue weighted by atomic mass is 9.80. The van der Waals surface area contributed by atoms with Crippen molar-refractivity contribution in [1.29, 1.82) is 0 Å². The van der Waals surface area contributed by atoms with Crippen molar-refractivity contribution in [3.63, 3.8) is 0 Å². The zero-order valence-corrected chi connectivity index (χ0v) is 30.1. The number of hydrogen-bond acceptors (Lipinski definition) is 8.